The van der Waals surface area contributed by atoms with Crippen LogP contribution in [0.15, 0.2) is 66.2 Å². The molecule has 0 saturated heterocycles. The van der Waals surface area contributed by atoms with Gasteiger partial charge in [0, 0.05) is 27.9 Å². The summed E-state index contributed by atoms with van der Waals surface area (Å²) < 4.78 is 0. The number of hydrogen-bond acceptors (Lipinski definition) is 6. The quantitative estimate of drug-likeness (QED) is 0.568. The van der Waals surface area contributed by atoms with Crippen LogP contribution in [0.5, 0.6) is 0 Å². The molecule has 1 aliphatic heterocycles. The van der Waals surface area contributed by atoms with Crippen LogP contribution in [-0.4, -0.2) is 22.1 Å². The molecule has 1 aromatic heterocycles. The van der Waals surface area contributed by atoms with Crippen molar-refractivity contribution in [2.45, 2.75) is 12.3 Å². The second-order valence-electron chi connectivity index (χ2n) is 6.86. The van der Waals surface area contributed by atoms with Crippen molar-refractivity contribution in [1.29, 1.82) is 5.26 Å². The number of nitrogens with one attached hydrogen (secondary N) is 1. The van der Waals surface area contributed by atoms with Gasteiger partial charge in [-0.25, -0.2) is 4.79 Å². The van der Waals surface area contributed by atoms with Crippen LogP contribution in [0.4, 0.5) is 5.69 Å². The average Bonchev–Trinajstić information content (AvgIpc) is 3.31. The summed E-state index contributed by atoms with van der Waals surface area (Å²) in [7, 11) is 0. The first-order valence-electron chi connectivity index (χ1n) is 9.33. The Labute approximate surface area is 182 Å². The fourth-order valence-electron chi connectivity index (χ4n) is 3.35. The third-order valence-electron chi connectivity index (χ3n) is 4.95. The van der Waals surface area contributed by atoms with E-state index in [0.717, 1.165) is 5.56 Å². The largest absolute Gasteiger partial charge is 0.479 e. The second-order valence-corrected chi connectivity index (χ2v) is 7.84. The van der Waals surface area contributed by atoms with E-state index in [9.17, 15) is 19.8 Å². The number of carbonyl (C=O) groups is 2. The monoisotopic (exact) mass is 431 g/mol. The number of aliphatic hydroxyl groups is 1. The number of anilines is 1. The Morgan fingerprint density at radius 2 is 1.94 bits per heavy atom. The molecule has 0 saturated carbocycles. The lowest BCUT2D eigenvalue weighted by Gasteiger charge is -2.31. The number of rotatable bonds is 5. The van der Waals surface area contributed by atoms with E-state index in [1.54, 1.807) is 71.1 Å². The highest BCUT2D eigenvalue weighted by Crippen LogP contribution is 2.33. The Kier molecular flexibility index (Phi) is 5.54. The number of nitriles is 1. The zero-order chi connectivity index (χ0) is 22.0. The third kappa shape index (κ3) is 4.05. The number of carboxylic acid groups (broad SMARTS) is 1. The summed E-state index contributed by atoms with van der Waals surface area (Å²) in [5, 5.41) is 33.5. The van der Waals surface area contributed by atoms with Gasteiger partial charge in [-0.3, -0.25) is 4.79 Å². The number of hydrogen-bond donors (Lipinski definition) is 3. The number of carbonyl (C=O) groups excluding carboxylic acids is 1. The molecular weight excluding hydrogens is 414 g/mol. The molecule has 2 atom stereocenters. The molecule has 1 aliphatic rings. The minimum absolute atomic E-state index is 0.307. The van der Waals surface area contributed by atoms with E-state index in [1.165, 1.54) is 11.3 Å². The normalized spacial score (nSPS) is 15.6. The number of aliphatic carboxylic acids is 1. The molecular formula is C23H17N3O4S. The smallest absolute Gasteiger partial charge is 0.331 e. The summed E-state index contributed by atoms with van der Waals surface area (Å²) in [4.78, 5) is 26.3. The third-order valence-corrected chi connectivity index (χ3v) is 5.89. The number of benzene rings is 2. The fraction of sp³-hybridized carbons (Fsp3) is 0.0870. The van der Waals surface area contributed by atoms with Gasteiger partial charge in [-0.15, -0.1) is 11.3 Å². The van der Waals surface area contributed by atoms with Gasteiger partial charge in [0.1, 0.15) is 0 Å². The number of thiophene rings is 1. The van der Waals surface area contributed by atoms with Gasteiger partial charge in [-0.2, -0.15) is 5.26 Å². The lowest BCUT2D eigenvalue weighted by atomic mass is 9.99. The molecule has 31 heavy (non-hydrogen) atoms. The summed E-state index contributed by atoms with van der Waals surface area (Å²) in [6.45, 7) is 0. The standard InChI is InChI=1S/C23H17N3O4S/c24-13-14-3-8-18-16(12-14)9-10-26(22(18)28)17-6-4-15(5-7-17)21(27)25-20(23(29)30)19-2-1-11-31-19/h1-12,20,22,28H,(H,25,27)(H,29,30). The minimum Gasteiger partial charge on any atom is -0.479 e. The molecule has 154 valence electrons. The highest BCUT2D eigenvalue weighted by atomic mass is 32.1. The van der Waals surface area contributed by atoms with Crippen molar-refractivity contribution >= 4 is 35.0 Å². The van der Waals surface area contributed by atoms with Crippen LogP contribution >= 0.6 is 11.3 Å². The van der Waals surface area contributed by atoms with E-state index >= 15 is 0 Å². The minimum atomic E-state index is -1.13. The molecule has 3 N–H and O–H groups in total. The number of fused-ring (bicyclic) bond motifs is 1. The Morgan fingerprint density at radius 1 is 1.16 bits per heavy atom. The van der Waals surface area contributed by atoms with E-state index in [4.69, 9.17) is 5.26 Å². The predicted octanol–water partition coefficient (Wildman–Crippen LogP) is 3.66. The van der Waals surface area contributed by atoms with E-state index < -0.39 is 24.1 Å². The molecule has 2 heterocycles. The van der Waals surface area contributed by atoms with E-state index in [2.05, 4.69) is 11.4 Å². The van der Waals surface area contributed by atoms with Gasteiger partial charge in [0.25, 0.3) is 5.91 Å². The predicted molar refractivity (Wildman–Crippen MR) is 116 cm³/mol. The van der Waals surface area contributed by atoms with Gasteiger partial charge >= 0.3 is 5.97 Å². The van der Waals surface area contributed by atoms with Crippen LogP contribution in [0.25, 0.3) is 6.08 Å². The topological polar surface area (TPSA) is 114 Å². The van der Waals surface area contributed by atoms with Gasteiger partial charge in [0.15, 0.2) is 12.3 Å². The summed E-state index contributed by atoms with van der Waals surface area (Å²) in [5.74, 6) is -1.64. The van der Waals surface area contributed by atoms with Crippen molar-refractivity contribution in [2.24, 2.45) is 0 Å². The highest BCUT2D eigenvalue weighted by molar-refractivity contribution is 7.10. The summed E-state index contributed by atoms with van der Waals surface area (Å²) in [6, 6.07) is 15.9. The Morgan fingerprint density at radius 3 is 2.58 bits per heavy atom. The molecule has 8 heteroatoms. The SMILES string of the molecule is N#Cc1ccc2c(c1)C=CN(c1ccc(C(=O)NC(C(=O)O)c3cccs3)cc1)C2O. The Hall–Kier alpha value is -3.93. The number of carboxylic acids is 1. The van der Waals surface area contributed by atoms with Crippen molar-refractivity contribution in [3.05, 3.63) is 93.3 Å². The first kappa shape index (κ1) is 20.3. The van der Waals surface area contributed by atoms with Crippen LogP contribution < -0.4 is 10.2 Å². The van der Waals surface area contributed by atoms with Gasteiger partial charge in [-0.1, -0.05) is 12.1 Å². The van der Waals surface area contributed by atoms with Crippen molar-refractivity contribution < 1.29 is 19.8 Å². The first-order chi connectivity index (χ1) is 15.0. The molecule has 2 unspecified atom stereocenters. The summed E-state index contributed by atoms with van der Waals surface area (Å²) >= 11 is 1.26. The summed E-state index contributed by atoms with van der Waals surface area (Å²) in [5.41, 5.74) is 2.92. The molecule has 0 fully saturated rings. The number of amides is 1. The molecule has 4 rings (SSSR count). The van der Waals surface area contributed by atoms with Crippen LogP contribution in [0.3, 0.4) is 0 Å². The molecule has 0 radical (unpaired) electrons. The Bertz CT molecular complexity index is 1200. The van der Waals surface area contributed by atoms with Crippen molar-refractivity contribution in [1.82, 2.24) is 5.32 Å². The maximum Gasteiger partial charge on any atom is 0.331 e. The molecule has 1 amide bonds. The van der Waals surface area contributed by atoms with Crippen LogP contribution in [0, 0.1) is 11.3 Å². The van der Waals surface area contributed by atoms with Crippen LogP contribution in [0.2, 0.25) is 0 Å². The number of aliphatic hydroxyl groups excluding tert-OH is 1. The van der Waals surface area contributed by atoms with Gasteiger partial charge < -0.3 is 20.4 Å². The van der Waals surface area contributed by atoms with E-state index in [0.29, 0.717) is 27.3 Å². The second kappa shape index (κ2) is 8.44. The van der Waals surface area contributed by atoms with Crippen molar-refractivity contribution in [3.8, 4) is 6.07 Å². The van der Waals surface area contributed by atoms with Crippen LogP contribution in [0.1, 0.15) is 44.2 Å². The Balaban J connectivity index is 1.51. The molecule has 7 nitrogen and oxygen atoms in total. The molecule has 2 aromatic carbocycles. The van der Waals surface area contributed by atoms with Crippen LogP contribution in [-0.2, 0) is 4.79 Å². The van der Waals surface area contributed by atoms with E-state index in [-0.39, 0.29) is 0 Å². The van der Waals surface area contributed by atoms with Gasteiger partial charge in [0.05, 0.1) is 11.6 Å². The zero-order valence-electron chi connectivity index (χ0n) is 16.1. The van der Waals surface area contributed by atoms with Crippen molar-refractivity contribution in [3.63, 3.8) is 0 Å². The van der Waals surface area contributed by atoms with Crippen molar-refractivity contribution in [2.75, 3.05) is 4.90 Å². The fourth-order valence-corrected chi connectivity index (χ4v) is 4.12. The van der Waals surface area contributed by atoms with Gasteiger partial charge in [-0.05, 0) is 59.5 Å². The molecule has 0 spiro atoms. The summed E-state index contributed by atoms with van der Waals surface area (Å²) in [6.07, 6.45) is 2.57. The lowest BCUT2D eigenvalue weighted by molar-refractivity contribution is -0.139. The lowest BCUT2D eigenvalue weighted by Crippen LogP contribution is -2.33. The van der Waals surface area contributed by atoms with E-state index in [1.807, 2.05) is 6.08 Å². The molecule has 0 aliphatic carbocycles. The molecule has 0 bridgehead atoms. The maximum absolute atomic E-state index is 12.6. The van der Waals surface area contributed by atoms with Gasteiger partial charge in [0.2, 0.25) is 0 Å². The maximum atomic E-state index is 12.6. The molecule has 3 aromatic rings. The highest BCUT2D eigenvalue weighted by Gasteiger charge is 2.25. The number of nitrogens with zero attached hydrogens (tertiary/aromatic N) is 2. The zero-order valence-corrected chi connectivity index (χ0v) is 16.9. The average molecular weight is 431 g/mol. The first-order valence-corrected chi connectivity index (χ1v) is 10.2.